The summed E-state index contributed by atoms with van der Waals surface area (Å²) in [4.78, 5) is 13.2. The second kappa shape index (κ2) is 6.77. The number of carbonyl (C=O) groups is 1. The average Bonchev–Trinajstić information content (AvgIpc) is 2.39. The van der Waals surface area contributed by atoms with Gasteiger partial charge in [0.05, 0.1) is 18.0 Å². The Morgan fingerprint density at radius 1 is 1.39 bits per heavy atom. The zero-order valence-corrected chi connectivity index (χ0v) is 11.1. The van der Waals surface area contributed by atoms with Crippen LogP contribution < -0.4 is 5.32 Å². The predicted octanol–water partition coefficient (Wildman–Crippen LogP) is 1.36. The normalized spacial score (nSPS) is 13.4. The van der Waals surface area contributed by atoms with Crippen molar-refractivity contribution in [3.8, 4) is 6.07 Å². The second-order valence-corrected chi connectivity index (χ2v) is 4.45. The smallest absolute Gasteiger partial charge is 0.238 e. The Morgan fingerprint density at radius 3 is 2.50 bits per heavy atom. The van der Waals surface area contributed by atoms with E-state index in [4.69, 9.17) is 5.26 Å². The molecule has 4 heteroatoms. The van der Waals surface area contributed by atoms with Crippen LogP contribution in [-0.4, -0.2) is 37.5 Å². The van der Waals surface area contributed by atoms with E-state index in [1.54, 1.807) is 19.0 Å². The van der Waals surface area contributed by atoms with Gasteiger partial charge in [-0.1, -0.05) is 30.3 Å². The Bertz CT molecular complexity index is 422. The van der Waals surface area contributed by atoms with E-state index >= 15 is 0 Å². The molecular formula is C14H19N3O. The summed E-state index contributed by atoms with van der Waals surface area (Å²) in [6.45, 7) is 2.28. The van der Waals surface area contributed by atoms with Crippen LogP contribution >= 0.6 is 0 Å². The van der Waals surface area contributed by atoms with Gasteiger partial charge in [-0.05, 0) is 12.5 Å². The summed E-state index contributed by atoms with van der Waals surface area (Å²) < 4.78 is 0. The fourth-order valence-corrected chi connectivity index (χ4v) is 1.69. The molecule has 0 aliphatic carbocycles. The van der Waals surface area contributed by atoms with Gasteiger partial charge in [0.2, 0.25) is 5.91 Å². The topological polar surface area (TPSA) is 56.1 Å². The van der Waals surface area contributed by atoms with Crippen LogP contribution in [0, 0.1) is 11.3 Å². The van der Waals surface area contributed by atoms with E-state index in [9.17, 15) is 4.79 Å². The second-order valence-electron chi connectivity index (χ2n) is 4.45. The molecule has 1 N–H and O–H groups in total. The van der Waals surface area contributed by atoms with E-state index in [1.807, 2.05) is 37.3 Å². The number of rotatable bonds is 5. The Balaban J connectivity index is 2.57. The van der Waals surface area contributed by atoms with Gasteiger partial charge in [0.25, 0.3) is 0 Å². The summed E-state index contributed by atoms with van der Waals surface area (Å²) >= 11 is 0. The molecule has 0 aliphatic heterocycles. The molecule has 4 nitrogen and oxygen atoms in total. The lowest BCUT2D eigenvalue weighted by Crippen LogP contribution is -2.42. The molecule has 96 valence electrons. The number of likely N-dealkylation sites (N-methyl/N-ethyl adjacent to an activating group) is 1. The third-order valence-electron chi connectivity index (χ3n) is 2.80. The molecule has 1 amide bonds. The molecule has 0 radical (unpaired) electrons. The fraction of sp³-hybridized carbons (Fsp3) is 0.429. The molecule has 18 heavy (non-hydrogen) atoms. The van der Waals surface area contributed by atoms with Gasteiger partial charge in [-0.3, -0.25) is 4.79 Å². The number of amides is 1. The third kappa shape index (κ3) is 3.86. The molecule has 0 saturated carbocycles. The van der Waals surface area contributed by atoms with Crippen molar-refractivity contribution < 1.29 is 4.79 Å². The first-order valence-corrected chi connectivity index (χ1v) is 5.95. The molecule has 2 atom stereocenters. The first-order chi connectivity index (χ1) is 8.56. The monoisotopic (exact) mass is 245 g/mol. The first kappa shape index (κ1) is 14.2. The van der Waals surface area contributed by atoms with Gasteiger partial charge in [-0.2, -0.15) is 5.26 Å². The highest BCUT2D eigenvalue weighted by molar-refractivity contribution is 5.80. The molecule has 1 aromatic carbocycles. The maximum Gasteiger partial charge on any atom is 0.238 e. The van der Waals surface area contributed by atoms with E-state index < -0.39 is 0 Å². The van der Waals surface area contributed by atoms with Crippen molar-refractivity contribution in [3.05, 3.63) is 35.9 Å². The van der Waals surface area contributed by atoms with Crippen molar-refractivity contribution in [3.63, 3.8) is 0 Å². The molecule has 1 rings (SSSR count). The number of benzene rings is 1. The Labute approximate surface area is 108 Å². The summed E-state index contributed by atoms with van der Waals surface area (Å²) in [6.07, 6.45) is 0. The van der Waals surface area contributed by atoms with E-state index in [1.165, 1.54) is 0 Å². The number of hydrogen-bond acceptors (Lipinski definition) is 3. The van der Waals surface area contributed by atoms with Crippen LogP contribution in [0.5, 0.6) is 0 Å². The molecule has 0 aliphatic rings. The van der Waals surface area contributed by atoms with Crippen molar-refractivity contribution in [1.82, 2.24) is 10.2 Å². The summed E-state index contributed by atoms with van der Waals surface area (Å²) in [5.41, 5.74) is 0.969. The highest BCUT2D eigenvalue weighted by atomic mass is 16.2. The van der Waals surface area contributed by atoms with Crippen molar-refractivity contribution in [2.24, 2.45) is 0 Å². The highest BCUT2D eigenvalue weighted by Crippen LogP contribution is 2.13. The van der Waals surface area contributed by atoms with Gasteiger partial charge < -0.3 is 10.2 Å². The van der Waals surface area contributed by atoms with Gasteiger partial charge in [-0.15, -0.1) is 0 Å². The SMILES string of the molecule is CC(NCC(C#N)c1ccccc1)C(=O)N(C)C. The van der Waals surface area contributed by atoms with Crippen LogP contribution in [0.25, 0.3) is 0 Å². The largest absolute Gasteiger partial charge is 0.347 e. The molecule has 0 heterocycles. The van der Waals surface area contributed by atoms with Gasteiger partial charge in [-0.25, -0.2) is 0 Å². The Morgan fingerprint density at radius 2 is 2.00 bits per heavy atom. The summed E-state index contributed by atoms with van der Waals surface area (Å²) in [5, 5.41) is 12.3. The van der Waals surface area contributed by atoms with Crippen LogP contribution in [0.1, 0.15) is 18.4 Å². The molecule has 0 aromatic heterocycles. The fourth-order valence-electron chi connectivity index (χ4n) is 1.69. The van der Waals surface area contributed by atoms with Crippen LogP contribution in [0.4, 0.5) is 0 Å². The van der Waals surface area contributed by atoms with Crippen molar-refractivity contribution in [2.45, 2.75) is 18.9 Å². The van der Waals surface area contributed by atoms with Crippen LogP contribution in [0.3, 0.4) is 0 Å². The number of nitriles is 1. The van der Waals surface area contributed by atoms with Gasteiger partial charge in [0.1, 0.15) is 0 Å². The third-order valence-corrected chi connectivity index (χ3v) is 2.80. The Kier molecular flexibility index (Phi) is 5.34. The lowest BCUT2D eigenvalue weighted by molar-refractivity contribution is -0.130. The van der Waals surface area contributed by atoms with Crippen LogP contribution in [0.15, 0.2) is 30.3 Å². The molecule has 0 spiro atoms. The van der Waals surface area contributed by atoms with E-state index in [-0.39, 0.29) is 17.9 Å². The quantitative estimate of drug-likeness (QED) is 0.852. The molecule has 0 fully saturated rings. The van der Waals surface area contributed by atoms with E-state index in [0.717, 1.165) is 5.56 Å². The molecule has 0 bridgehead atoms. The molecule has 2 unspecified atom stereocenters. The van der Waals surface area contributed by atoms with E-state index in [2.05, 4.69) is 11.4 Å². The van der Waals surface area contributed by atoms with Crippen LogP contribution in [-0.2, 0) is 4.79 Å². The van der Waals surface area contributed by atoms with Crippen molar-refractivity contribution in [2.75, 3.05) is 20.6 Å². The Hall–Kier alpha value is -1.86. The number of carbonyl (C=O) groups excluding carboxylic acids is 1. The molecule has 1 aromatic rings. The molecular weight excluding hydrogens is 226 g/mol. The van der Waals surface area contributed by atoms with Crippen molar-refractivity contribution >= 4 is 5.91 Å². The maximum absolute atomic E-state index is 11.7. The maximum atomic E-state index is 11.7. The van der Waals surface area contributed by atoms with Gasteiger partial charge in [0, 0.05) is 20.6 Å². The number of hydrogen-bond donors (Lipinski definition) is 1. The first-order valence-electron chi connectivity index (χ1n) is 5.95. The summed E-state index contributed by atoms with van der Waals surface area (Å²) in [6, 6.07) is 11.6. The average molecular weight is 245 g/mol. The summed E-state index contributed by atoms with van der Waals surface area (Å²) in [5.74, 6) is -0.219. The van der Waals surface area contributed by atoms with Crippen LogP contribution in [0.2, 0.25) is 0 Å². The number of nitrogens with zero attached hydrogens (tertiary/aromatic N) is 2. The van der Waals surface area contributed by atoms with Crippen molar-refractivity contribution in [1.29, 1.82) is 5.26 Å². The highest BCUT2D eigenvalue weighted by Gasteiger charge is 2.17. The zero-order chi connectivity index (χ0) is 13.5. The number of nitrogens with one attached hydrogen (secondary N) is 1. The minimum absolute atomic E-state index is 0.0137. The minimum atomic E-state index is -0.278. The minimum Gasteiger partial charge on any atom is -0.347 e. The standard InChI is InChI=1S/C14H19N3O/c1-11(14(18)17(2)3)16-10-13(9-15)12-7-5-4-6-8-12/h4-8,11,13,16H,10H2,1-3H3. The summed E-state index contributed by atoms with van der Waals surface area (Å²) in [7, 11) is 3.44. The van der Waals surface area contributed by atoms with E-state index in [0.29, 0.717) is 6.54 Å². The van der Waals surface area contributed by atoms with Gasteiger partial charge >= 0.3 is 0 Å². The lowest BCUT2D eigenvalue weighted by Gasteiger charge is -2.19. The lowest BCUT2D eigenvalue weighted by atomic mass is 10.0. The molecule has 0 saturated heterocycles. The zero-order valence-electron chi connectivity index (χ0n) is 11.1. The van der Waals surface area contributed by atoms with Gasteiger partial charge in [0.15, 0.2) is 0 Å². The predicted molar refractivity (Wildman–Crippen MR) is 71.0 cm³/mol.